The van der Waals surface area contributed by atoms with Gasteiger partial charge in [0.05, 0.1) is 41.5 Å². The van der Waals surface area contributed by atoms with Gasteiger partial charge in [-0.05, 0) is 60.5 Å². The van der Waals surface area contributed by atoms with E-state index in [-0.39, 0.29) is 17.1 Å². The number of aryl methyl sites for hydroxylation is 1. The van der Waals surface area contributed by atoms with E-state index in [1.807, 2.05) is 11.8 Å². The number of amides is 1. The van der Waals surface area contributed by atoms with Gasteiger partial charge in [0.25, 0.3) is 21.6 Å². The fourth-order valence-corrected chi connectivity index (χ4v) is 6.57. The smallest absolute Gasteiger partial charge is 0.271 e. The molecule has 0 radical (unpaired) electrons. The molecule has 1 fully saturated rings. The maximum absolute atomic E-state index is 13.8. The summed E-state index contributed by atoms with van der Waals surface area (Å²) in [6.45, 7) is 4.13. The number of carbonyl (C=O) groups excluding carboxylic acids is 1. The minimum atomic E-state index is -3.95. The fourth-order valence-electron chi connectivity index (χ4n) is 4.87. The molecule has 1 aliphatic heterocycles. The first kappa shape index (κ1) is 31.6. The number of hydrogen-bond acceptors (Lipinski definition) is 8. The first-order valence-electron chi connectivity index (χ1n) is 14.0. The monoisotopic (exact) mass is 647 g/mol. The third kappa shape index (κ3) is 7.48. The molecule has 45 heavy (non-hydrogen) atoms. The molecule has 0 unspecified atom stereocenters. The molecule has 0 atom stereocenters. The van der Waals surface area contributed by atoms with Crippen molar-refractivity contribution in [2.75, 3.05) is 35.5 Å². The third-order valence-corrected chi connectivity index (χ3v) is 9.27. The minimum absolute atomic E-state index is 0.00440. The summed E-state index contributed by atoms with van der Waals surface area (Å²) in [6, 6.07) is 24.2. The number of anilines is 2. The first-order chi connectivity index (χ1) is 21.6. The highest BCUT2D eigenvalue weighted by Gasteiger charge is 2.27. The number of nitrogens with zero attached hydrogens (tertiary/aromatic N) is 4. The van der Waals surface area contributed by atoms with Crippen LogP contribution >= 0.6 is 11.6 Å². The second kappa shape index (κ2) is 13.9. The average Bonchev–Trinajstić information content (AvgIpc) is 3.05. The number of rotatable bonds is 10. The van der Waals surface area contributed by atoms with E-state index in [0.717, 1.165) is 11.3 Å². The molecule has 0 aliphatic carbocycles. The number of nitro benzene ring substituents is 1. The largest absolute Gasteiger partial charge is 0.378 e. The summed E-state index contributed by atoms with van der Waals surface area (Å²) >= 11 is 6.25. The number of sulfonamides is 1. The molecule has 0 spiro atoms. The van der Waals surface area contributed by atoms with E-state index in [1.54, 1.807) is 66.7 Å². The van der Waals surface area contributed by atoms with Gasteiger partial charge in [0.2, 0.25) is 0 Å². The third-order valence-electron chi connectivity index (χ3n) is 7.26. The summed E-state index contributed by atoms with van der Waals surface area (Å²) in [5.41, 5.74) is 5.71. The number of halogens is 1. The lowest BCUT2D eigenvalue weighted by Crippen LogP contribution is -2.36. The van der Waals surface area contributed by atoms with Gasteiger partial charge in [-0.25, -0.2) is 13.8 Å². The predicted molar refractivity (Wildman–Crippen MR) is 174 cm³/mol. The van der Waals surface area contributed by atoms with E-state index in [0.29, 0.717) is 53.7 Å². The summed E-state index contributed by atoms with van der Waals surface area (Å²) in [6.07, 6.45) is 1.38. The number of hydrazone groups is 1. The van der Waals surface area contributed by atoms with Gasteiger partial charge in [-0.15, -0.1) is 0 Å². The molecule has 4 aromatic carbocycles. The summed E-state index contributed by atoms with van der Waals surface area (Å²) in [4.78, 5) is 25.9. The molecule has 232 valence electrons. The molecule has 13 heteroatoms. The number of hydrogen-bond donors (Lipinski definition) is 1. The lowest BCUT2D eigenvalue weighted by Gasteiger charge is -2.29. The highest BCUT2D eigenvalue weighted by atomic mass is 35.5. The van der Waals surface area contributed by atoms with Gasteiger partial charge >= 0.3 is 0 Å². The van der Waals surface area contributed by atoms with Crippen LogP contribution in [-0.2, 0) is 21.3 Å². The molecule has 11 nitrogen and oxygen atoms in total. The molecule has 1 amide bonds. The maximum Gasteiger partial charge on any atom is 0.271 e. The molecule has 1 N–H and O–H groups in total. The van der Waals surface area contributed by atoms with Crippen LogP contribution < -0.4 is 14.6 Å². The van der Waals surface area contributed by atoms with Crippen molar-refractivity contribution < 1.29 is 22.9 Å². The van der Waals surface area contributed by atoms with Crippen LogP contribution in [0.3, 0.4) is 0 Å². The van der Waals surface area contributed by atoms with Crippen LogP contribution in [0.15, 0.2) is 101 Å². The number of carbonyl (C=O) groups is 1. The van der Waals surface area contributed by atoms with E-state index < -0.39 is 20.9 Å². The Balaban J connectivity index is 1.34. The van der Waals surface area contributed by atoms with E-state index in [4.69, 9.17) is 16.3 Å². The van der Waals surface area contributed by atoms with Crippen molar-refractivity contribution in [3.63, 3.8) is 0 Å². The van der Waals surface area contributed by atoms with Gasteiger partial charge in [0.15, 0.2) is 0 Å². The molecule has 1 aliphatic rings. The van der Waals surface area contributed by atoms with Gasteiger partial charge in [0, 0.05) is 47.1 Å². The molecule has 1 heterocycles. The van der Waals surface area contributed by atoms with E-state index >= 15 is 0 Å². The molecule has 0 bridgehead atoms. The van der Waals surface area contributed by atoms with Gasteiger partial charge in [-0.3, -0.25) is 19.2 Å². The molecular formula is C32H30ClN5O6S. The number of non-ortho nitro benzene ring substituents is 1. The van der Waals surface area contributed by atoms with Crippen molar-refractivity contribution >= 4 is 50.8 Å². The predicted octanol–water partition coefficient (Wildman–Crippen LogP) is 5.55. The topological polar surface area (TPSA) is 134 Å². The van der Waals surface area contributed by atoms with Crippen molar-refractivity contribution in [1.29, 1.82) is 0 Å². The second-order valence-electron chi connectivity index (χ2n) is 10.3. The summed E-state index contributed by atoms with van der Waals surface area (Å²) in [7, 11) is -3.95. The Hall–Kier alpha value is -4.78. The minimum Gasteiger partial charge on any atom is -0.378 e. The average molecular weight is 648 g/mol. The first-order valence-corrected chi connectivity index (χ1v) is 15.8. The van der Waals surface area contributed by atoms with E-state index in [1.165, 1.54) is 34.8 Å². The van der Waals surface area contributed by atoms with Gasteiger partial charge < -0.3 is 9.64 Å². The highest BCUT2D eigenvalue weighted by Crippen LogP contribution is 2.31. The van der Waals surface area contributed by atoms with Crippen LogP contribution in [-0.4, -0.2) is 51.8 Å². The van der Waals surface area contributed by atoms with Gasteiger partial charge in [-0.1, -0.05) is 48.0 Å². The van der Waals surface area contributed by atoms with Crippen LogP contribution in [0.5, 0.6) is 0 Å². The van der Waals surface area contributed by atoms with Crippen molar-refractivity contribution in [1.82, 2.24) is 5.43 Å². The van der Waals surface area contributed by atoms with E-state index in [2.05, 4.69) is 10.5 Å². The van der Waals surface area contributed by atoms with Crippen LogP contribution in [0.25, 0.3) is 0 Å². The van der Waals surface area contributed by atoms with Gasteiger partial charge in [0.1, 0.15) is 0 Å². The number of nitro groups is 1. The van der Waals surface area contributed by atoms with Crippen molar-refractivity contribution in [3.8, 4) is 0 Å². The molecule has 4 aromatic rings. The maximum atomic E-state index is 13.8. The van der Waals surface area contributed by atoms with Crippen LogP contribution in [0.2, 0.25) is 5.02 Å². The lowest BCUT2D eigenvalue weighted by molar-refractivity contribution is -0.384. The fraction of sp³-hybridized carbons (Fsp3) is 0.188. The Labute approximate surface area is 265 Å². The Morgan fingerprint density at radius 1 is 1.04 bits per heavy atom. The van der Waals surface area contributed by atoms with Crippen molar-refractivity contribution in [2.24, 2.45) is 5.10 Å². The molecule has 0 aromatic heterocycles. The Kier molecular flexibility index (Phi) is 9.77. The lowest BCUT2D eigenvalue weighted by atomic mass is 10.1. The quantitative estimate of drug-likeness (QED) is 0.135. The molecule has 1 saturated heterocycles. The molecular weight excluding hydrogens is 618 g/mol. The summed E-state index contributed by atoms with van der Waals surface area (Å²) in [5, 5.41) is 15.8. The molecule has 0 saturated carbocycles. The Morgan fingerprint density at radius 2 is 1.76 bits per heavy atom. The van der Waals surface area contributed by atoms with E-state index in [9.17, 15) is 23.3 Å². The Bertz CT molecular complexity index is 1830. The zero-order valence-electron chi connectivity index (χ0n) is 24.3. The number of ether oxygens (including phenoxy) is 1. The summed E-state index contributed by atoms with van der Waals surface area (Å²) in [5.74, 6) is -0.504. The normalized spacial score (nSPS) is 13.5. The van der Waals surface area contributed by atoms with Crippen LogP contribution in [0.1, 0.15) is 27.0 Å². The SMILES string of the molecule is Cc1ccc(Cl)cc1N(Cc1ccc(C(=O)N/N=C\c2cc([N+](=O)[O-])ccc2N2CCOCC2)cc1)S(=O)(=O)c1ccccc1. The van der Waals surface area contributed by atoms with Gasteiger partial charge in [-0.2, -0.15) is 5.10 Å². The Morgan fingerprint density at radius 3 is 2.44 bits per heavy atom. The number of benzene rings is 4. The highest BCUT2D eigenvalue weighted by molar-refractivity contribution is 7.92. The van der Waals surface area contributed by atoms with Crippen LogP contribution in [0.4, 0.5) is 17.1 Å². The number of morpholine rings is 1. The zero-order valence-corrected chi connectivity index (χ0v) is 25.9. The summed E-state index contributed by atoms with van der Waals surface area (Å²) < 4.78 is 34.2. The number of nitrogens with one attached hydrogen (secondary N) is 1. The van der Waals surface area contributed by atoms with Crippen molar-refractivity contribution in [2.45, 2.75) is 18.4 Å². The van der Waals surface area contributed by atoms with Crippen LogP contribution in [0, 0.1) is 17.0 Å². The van der Waals surface area contributed by atoms with Crippen molar-refractivity contribution in [3.05, 3.63) is 128 Å². The second-order valence-corrected chi connectivity index (χ2v) is 12.5. The molecule has 5 rings (SSSR count). The zero-order chi connectivity index (χ0) is 32.0. The standard InChI is InChI=1S/C32H30ClN5O6S/c1-23-7-12-27(33)20-31(23)37(45(42,43)29-5-3-2-4-6-29)22-24-8-10-25(11-9-24)32(39)35-34-21-26-19-28(38(40)41)13-14-30(26)36-15-17-44-18-16-36/h2-14,19-21H,15-18,22H2,1H3,(H,35,39)/b34-21-.